The van der Waals surface area contributed by atoms with Crippen LogP contribution in [0, 0.1) is 5.92 Å². The van der Waals surface area contributed by atoms with E-state index >= 15 is 0 Å². The van der Waals surface area contributed by atoms with Gasteiger partial charge < -0.3 is 9.84 Å². The summed E-state index contributed by atoms with van der Waals surface area (Å²) in [7, 11) is 1.60. The molecule has 3 heteroatoms. The fraction of sp³-hybridized carbons (Fsp3) is 0.455. The minimum Gasteiger partial charge on any atom is -0.497 e. The van der Waals surface area contributed by atoms with E-state index in [-0.39, 0.29) is 6.10 Å². The van der Waals surface area contributed by atoms with E-state index in [2.05, 4.69) is 0 Å². The van der Waals surface area contributed by atoms with E-state index in [4.69, 9.17) is 16.3 Å². The Hall–Kier alpha value is -0.730. The van der Waals surface area contributed by atoms with E-state index in [1.807, 2.05) is 6.07 Å². The van der Waals surface area contributed by atoms with Gasteiger partial charge >= 0.3 is 0 Å². The maximum absolute atomic E-state index is 9.89. The minimum absolute atomic E-state index is 0.386. The maximum atomic E-state index is 9.89. The molecule has 0 saturated heterocycles. The van der Waals surface area contributed by atoms with Gasteiger partial charge in [-0.1, -0.05) is 11.6 Å². The monoisotopic (exact) mass is 212 g/mol. The number of methoxy groups -OCH3 is 1. The van der Waals surface area contributed by atoms with Gasteiger partial charge in [0.05, 0.1) is 13.2 Å². The average molecular weight is 213 g/mol. The van der Waals surface area contributed by atoms with Gasteiger partial charge in [-0.2, -0.15) is 0 Å². The summed E-state index contributed by atoms with van der Waals surface area (Å²) in [5.74, 6) is 1.12. The Labute approximate surface area is 88.5 Å². The van der Waals surface area contributed by atoms with Gasteiger partial charge in [-0.3, -0.25) is 0 Å². The number of halogens is 1. The molecule has 0 bridgehead atoms. The smallest absolute Gasteiger partial charge is 0.120 e. The first kappa shape index (κ1) is 9.81. The van der Waals surface area contributed by atoms with Crippen LogP contribution < -0.4 is 4.74 Å². The molecule has 2 rings (SSSR count). The van der Waals surface area contributed by atoms with Crippen molar-refractivity contribution in [3.63, 3.8) is 0 Å². The van der Waals surface area contributed by atoms with Crippen LogP contribution in [-0.2, 0) is 0 Å². The summed E-state index contributed by atoms with van der Waals surface area (Å²) >= 11 is 5.91. The van der Waals surface area contributed by atoms with E-state index in [1.54, 1.807) is 19.2 Å². The molecule has 0 spiro atoms. The van der Waals surface area contributed by atoms with Crippen LogP contribution in [-0.4, -0.2) is 12.2 Å². The molecule has 0 heterocycles. The molecule has 1 unspecified atom stereocenters. The number of aliphatic hydroxyl groups is 1. The van der Waals surface area contributed by atoms with Crippen molar-refractivity contribution in [3.8, 4) is 5.75 Å². The highest BCUT2D eigenvalue weighted by molar-refractivity contribution is 6.30. The SMILES string of the molecule is COc1cc(Cl)cc(C(O)C2CC2)c1. The Morgan fingerprint density at radius 1 is 1.43 bits per heavy atom. The number of ether oxygens (including phenoxy) is 1. The molecule has 1 fully saturated rings. The Morgan fingerprint density at radius 3 is 2.71 bits per heavy atom. The van der Waals surface area contributed by atoms with Crippen molar-refractivity contribution in [1.29, 1.82) is 0 Å². The van der Waals surface area contributed by atoms with Crippen molar-refractivity contribution in [2.24, 2.45) is 5.92 Å². The summed E-state index contributed by atoms with van der Waals surface area (Å²) in [6.45, 7) is 0. The van der Waals surface area contributed by atoms with Gasteiger partial charge in [0.25, 0.3) is 0 Å². The Bertz CT molecular complexity index is 334. The lowest BCUT2D eigenvalue weighted by atomic mass is 10.1. The first-order chi connectivity index (χ1) is 6.70. The number of hydrogen-bond donors (Lipinski definition) is 1. The standard InChI is InChI=1S/C11H13ClO2/c1-14-10-5-8(4-9(12)6-10)11(13)7-2-3-7/h4-7,11,13H,2-3H2,1H3. The van der Waals surface area contributed by atoms with Crippen LogP contribution in [0.25, 0.3) is 0 Å². The predicted molar refractivity (Wildman–Crippen MR) is 55.7 cm³/mol. The Balaban J connectivity index is 2.27. The summed E-state index contributed by atoms with van der Waals surface area (Å²) in [4.78, 5) is 0. The third kappa shape index (κ3) is 2.02. The number of aliphatic hydroxyl groups excluding tert-OH is 1. The molecular formula is C11H13ClO2. The lowest BCUT2D eigenvalue weighted by molar-refractivity contribution is 0.153. The molecule has 1 N–H and O–H groups in total. The van der Waals surface area contributed by atoms with Gasteiger partial charge in [0, 0.05) is 5.02 Å². The molecule has 0 amide bonds. The highest BCUT2D eigenvalue weighted by Gasteiger charge is 2.31. The van der Waals surface area contributed by atoms with Crippen LogP contribution in [0.3, 0.4) is 0 Å². The largest absolute Gasteiger partial charge is 0.497 e. The predicted octanol–water partition coefficient (Wildman–Crippen LogP) is 2.79. The molecule has 0 aliphatic heterocycles. The third-order valence-corrected chi connectivity index (χ3v) is 2.76. The van der Waals surface area contributed by atoms with Crippen molar-refractivity contribution in [1.82, 2.24) is 0 Å². The molecule has 0 radical (unpaired) electrons. The van der Waals surface area contributed by atoms with Gasteiger partial charge in [-0.25, -0.2) is 0 Å². The molecular weight excluding hydrogens is 200 g/mol. The van der Waals surface area contributed by atoms with Gasteiger partial charge in [0.1, 0.15) is 5.75 Å². The van der Waals surface area contributed by atoms with Gasteiger partial charge in [0.2, 0.25) is 0 Å². The molecule has 14 heavy (non-hydrogen) atoms. The van der Waals surface area contributed by atoms with Crippen LogP contribution in [0.1, 0.15) is 24.5 Å². The molecule has 1 atom stereocenters. The second-order valence-corrected chi connectivity index (χ2v) is 4.14. The second-order valence-electron chi connectivity index (χ2n) is 3.71. The van der Waals surface area contributed by atoms with Gasteiger partial charge in [-0.05, 0) is 42.5 Å². The minimum atomic E-state index is -0.386. The number of hydrogen-bond acceptors (Lipinski definition) is 2. The zero-order valence-electron chi connectivity index (χ0n) is 8.03. The molecule has 2 nitrogen and oxygen atoms in total. The first-order valence-electron chi connectivity index (χ1n) is 4.73. The quantitative estimate of drug-likeness (QED) is 0.835. The highest BCUT2D eigenvalue weighted by Crippen LogP contribution is 2.42. The average Bonchev–Trinajstić information content (AvgIpc) is 2.99. The van der Waals surface area contributed by atoms with Crippen LogP contribution in [0.4, 0.5) is 0 Å². The maximum Gasteiger partial charge on any atom is 0.120 e. The van der Waals surface area contributed by atoms with Crippen LogP contribution in [0.5, 0.6) is 5.75 Å². The molecule has 1 aliphatic rings. The van der Waals surface area contributed by atoms with Crippen molar-refractivity contribution in [3.05, 3.63) is 28.8 Å². The van der Waals surface area contributed by atoms with Crippen molar-refractivity contribution >= 4 is 11.6 Å². The number of rotatable bonds is 3. The number of benzene rings is 1. The van der Waals surface area contributed by atoms with Gasteiger partial charge in [0.15, 0.2) is 0 Å². The topological polar surface area (TPSA) is 29.5 Å². The molecule has 1 aliphatic carbocycles. The summed E-state index contributed by atoms with van der Waals surface area (Å²) in [6, 6.07) is 5.38. The van der Waals surface area contributed by atoms with E-state index in [0.717, 1.165) is 18.4 Å². The zero-order chi connectivity index (χ0) is 10.1. The second kappa shape index (κ2) is 3.79. The Kier molecular flexibility index (Phi) is 2.66. The van der Waals surface area contributed by atoms with Crippen LogP contribution in [0.2, 0.25) is 5.02 Å². The van der Waals surface area contributed by atoms with Crippen molar-refractivity contribution < 1.29 is 9.84 Å². The van der Waals surface area contributed by atoms with Crippen molar-refractivity contribution in [2.75, 3.05) is 7.11 Å². The summed E-state index contributed by atoms with van der Waals surface area (Å²) in [5, 5.41) is 10.5. The summed E-state index contributed by atoms with van der Waals surface area (Å²) < 4.78 is 5.09. The molecule has 1 aromatic carbocycles. The molecule has 0 aromatic heterocycles. The fourth-order valence-corrected chi connectivity index (χ4v) is 1.79. The lowest BCUT2D eigenvalue weighted by Crippen LogP contribution is -1.99. The highest BCUT2D eigenvalue weighted by atomic mass is 35.5. The van der Waals surface area contributed by atoms with Crippen LogP contribution in [0.15, 0.2) is 18.2 Å². The summed E-state index contributed by atoms with van der Waals surface area (Å²) in [6.07, 6.45) is 1.83. The van der Waals surface area contributed by atoms with Crippen LogP contribution >= 0.6 is 11.6 Å². The normalized spacial score (nSPS) is 17.9. The van der Waals surface area contributed by atoms with E-state index in [1.165, 1.54) is 0 Å². The molecule has 1 aromatic rings. The Morgan fingerprint density at radius 2 is 2.14 bits per heavy atom. The van der Waals surface area contributed by atoms with E-state index < -0.39 is 0 Å². The molecule has 1 saturated carbocycles. The lowest BCUT2D eigenvalue weighted by Gasteiger charge is -2.11. The summed E-state index contributed by atoms with van der Waals surface area (Å²) in [5.41, 5.74) is 0.858. The van der Waals surface area contributed by atoms with E-state index in [9.17, 15) is 5.11 Å². The fourth-order valence-electron chi connectivity index (χ4n) is 1.56. The van der Waals surface area contributed by atoms with E-state index in [0.29, 0.717) is 16.7 Å². The third-order valence-electron chi connectivity index (χ3n) is 2.54. The molecule has 76 valence electrons. The first-order valence-corrected chi connectivity index (χ1v) is 5.11. The zero-order valence-corrected chi connectivity index (χ0v) is 8.79. The van der Waals surface area contributed by atoms with Crippen molar-refractivity contribution in [2.45, 2.75) is 18.9 Å². The van der Waals surface area contributed by atoms with Gasteiger partial charge in [-0.15, -0.1) is 0 Å².